The van der Waals surface area contributed by atoms with Gasteiger partial charge in [-0.25, -0.2) is 0 Å². The average Bonchev–Trinajstić information content (AvgIpc) is 2.62. The van der Waals surface area contributed by atoms with Gasteiger partial charge in [0.15, 0.2) is 0 Å². The predicted octanol–water partition coefficient (Wildman–Crippen LogP) is 0.185. The Kier molecular flexibility index (Phi) is 4.10. The lowest BCUT2D eigenvalue weighted by molar-refractivity contribution is -0.131. The van der Waals surface area contributed by atoms with Crippen molar-refractivity contribution in [3.63, 3.8) is 0 Å². The highest BCUT2D eigenvalue weighted by Gasteiger charge is 2.29. The van der Waals surface area contributed by atoms with E-state index in [9.17, 15) is 4.79 Å². The van der Waals surface area contributed by atoms with Crippen molar-refractivity contribution < 1.29 is 9.53 Å². The molecule has 2 atom stereocenters. The largest absolute Gasteiger partial charge is 0.364 e. The SMILES string of the molecule is C=C(C)CNC(=O)C1CCC(CN)O1. The summed E-state index contributed by atoms with van der Waals surface area (Å²) in [7, 11) is 0. The second-order valence-corrected chi connectivity index (χ2v) is 3.73. The van der Waals surface area contributed by atoms with Crippen LogP contribution in [0, 0.1) is 0 Å². The number of amides is 1. The Hall–Kier alpha value is -0.870. The number of carbonyl (C=O) groups is 1. The lowest BCUT2D eigenvalue weighted by Crippen LogP contribution is -2.36. The molecule has 0 radical (unpaired) electrons. The topological polar surface area (TPSA) is 64.4 Å². The van der Waals surface area contributed by atoms with Crippen LogP contribution in [0.25, 0.3) is 0 Å². The standard InChI is InChI=1S/C10H18N2O2/c1-7(2)6-12-10(13)9-4-3-8(5-11)14-9/h8-9H,1,3-6,11H2,2H3,(H,12,13). The average molecular weight is 198 g/mol. The molecule has 0 aromatic carbocycles. The van der Waals surface area contributed by atoms with Crippen LogP contribution in [-0.2, 0) is 9.53 Å². The third-order valence-electron chi connectivity index (χ3n) is 2.23. The van der Waals surface area contributed by atoms with Gasteiger partial charge < -0.3 is 15.8 Å². The zero-order valence-electron chi connectivity index (χ0n) is 8.58. The van der Waals surface area contributed by atoms with Gasteiger partial charge in [-0.1, -0.05) is 12.2 Å². The maximum Gasteiger partial charge on any atom is 0.249 e. The van der Waals surface area contributed by atoms with E-state index in [1.807, 2.05) is 6.92 Å². The molecule has 80 valence electrons. The summed E-state index contributed by atoms with van der Waals surface area (Å²) in [5.41, 5.74) is 6.38. The number of hydrogen-bond donors (Lipinski definition) is 2. The van der Waals surface area contributed by atoms with Crippen molar-refractivity contribution in [3.8, 4) is 0 Å². The van der Waals surface area contributed by atoms with Crippen LogP contribution in [-0.4, -0.2) is 31.2 Å². The van der Waals surface area contributed by atoms with Crippen molar-refractivity contribution in [1.29, 1.82) is 0 Å². The van der Waals surface area contributed by atoms with E-state index in [2.05, 4.69) is 11.9 Å². The first-order valence-corrected chi connectivity index (χ1v) is 4.91. The van der Waals surface area contributed by atoms with E-state index in [4.69, 9.17) is 10.5 Å². The van der Waals surface area contributed by atoms with Gasteiger partial charge in [-0.3, -0.25) is 4.79 Å². The van der Waals surface area contributed by atoms with Crippen LogP contribution in [0.1, 0.15) is 19.8 Å². The van der Waals surface area contributed by atoms with Crippen LogP contribution >= 0.6 is 0 Å². The summed E-state index contributed by atoms with van der Waals surface area (Å²) < 4.78 is 5.44. The first kappa shape index (κ1) is 11.2. The van der Waals surface area contributed by atoms with Crippen LogP contribution in [0.15, 0.2) is 12.2 Å². The minimum absolute atomic E-state index is 0.0515. The molecule has 1 aliphatic heterocycles. The third kappa shape index (κ3) is 3.12. The Morgan fingerprint density at radius 2 is 2.36 bits per heavy atom. The molecule has 1 rings (SSSR count). The van der Waals surface area contributed by atoms with Crippen molar-refractivity contribution in [2.24, 2.45) is 5.73 Å². The van der Waals surface area contributed by atoms with E-state index in [1.54, 1.807) is 0 Å². The number of rotatable bonds is 4. The highest BCUT2D eigenvalue weighted by Crippen LogP contribution is 2.18. The maximum atomic E-state index is 11.5. The molecule has 1 amide bonds. The highest BCUT2D eigenvalue weighted by molar-refractivity contribution is 5.81. The summed E-state index contributed by atoms with van der Waals surface area (Å²) in [5.74, 6) is -0.0519. The van der Waals surface area contributed by atoms with Gasteiger partial charge >= 0.3 is 0 Å². The van der Waals surface area contributed by atoms with E-state index in [1.165, 1.54) is 0 Å². The Balaban J connectivity index is 2.28. The molecule has 1 heterocycles. The summed E-state index contributed by atoms with van der Waals surface area (Å²) >= 11 is 0. The first-order valence-electron chi connectivity index (χ1n) is 4.91. The second kappa shape index (κ2) is 5.12. The third-order valence-corrected chi connectivity index (χ3v) is 2.23. The van der Waals surface area contributed by atoms with Gasteiger partial charge in [-0.15, -0.1) is 0 Å². The van der Waals surface area contributed by atoms with Crippen LogP contribution in [0.4, 0.5) is 0 Å². The lowest BCUT2D eigenvalue weighted by atomic mass is 10.2. The molecule has 14 heavy (non-hydrogen) atoms. The molecule has 0 spiro atoms. The van der Waals surface area contributed by atoms with Gasteiger partial charge in [0.05, 0.1) is 6.10 Å². The van der Waals surface area contributed by atoms with Crippen LogP contribution < -0.4 is 11.1 Å². The van der Waals surface area contributed by atoms with Gasteiger partial charge in [-0.2, -0.15) is 0 Å². The monoisotopic (exact) mass is 198 g/mol. The minimum Gasteiger partial charge on any atom is -0.364 e. The summed E-state index contributed by atoms with van der Waals surface area (Å²) in [5, 5.41) is 2.76. The fourth-order valence-electron chi connectivity index (χ4n) is 1.42. The normalized spacial score (nSPS) is 26.1. The van der Waals surface area contributed by atoms with Gasteiger partial charge in [0, 0.05) is 13.1 Å². The summed E-state index contributed by atoms with van der Waals surface area (Å²) in [6, 6.07) is 0. The molecule has 3 N–H and O–H groups in total. The molecule has 1 aliphatic rings. The van der Waals surface area contributed by atoms with Crippen molar-refractivity contribution in [1.82, 2.24) is 5.32 Å². The zero-order valence-corrected chi connectivity index (χ0v) is 8.58. The Morgan fingerprint density at radius 3 is 2.86 bits per heavy atom. The molecule has 4 nitrogen and oxygen atoms in total. The fourth-order valence-corrected chi connectivity index (χ4v) is 1.42. The molecular weight excluding hydrogens is 180 g/mol. The lowest BCUT2D eigenvalue weighted by Gasteiger charge is -2.12. The minimum atomic E-state index is -0.317. The molecule has 0 bridgehead atoms. The van der Waals surface area contributed by atoms with E-state index < -0.39 is 0 Å². The van der Waals surface area contributed by atoms with Crippen molar-refractivity contribution in [2.75, 3.05) is 13.1 Å². The number of ether oxygens (including phenoxy) is 1. The van der Waals surface area contributed by atoms with Crippen molar-refractivity contribution in [3.05, 3.63) is 12.2 Å². The van der Waals surface area contributed by atoms with Crippen molar-refractivity contribution in [2.45, 2.75) is 32.0 Å². The van der Waals surface area contributed by atoms with E-state index in [-0.39, 0.29) is 18.1 Å². The highest BCUT2D eigenvalue weighted by atomic mass is 16.5. The Bertz CT molecular complexity index is 228. The van der Waals surface area contributed by atoms with Gasteiger partial charge in [0.1, 0.15) is 6.10 Å². The van der Waals surface area contributed by atoms with Crippen molar-refractivity contribution >= 4 is 5.91 Å². The molecule has 0 aromatic rings. The molecule has 1 fully saturated rings. The molecule has 1 saturated heterocycles. The van der Waals surface area contributed by atoms with Crippen LogP contribution in [0.2, 0.25) is 0 Å². The predicted molar refractivity (Wildman–Crippen MR) is 54.8 cm³/mol. The van der Waals surface area contributed by atoms with Crippen LogP contribution in [0.5, 0.6) is 0 Å². The number of nitrogens with two attached hydrogens (primary N) is 1. The van der Waals surface area contributed by atoms with Crippen LogP contribution in [0.3, 0.4) is 0 Å². The van der Waals surface area contributed by atoms with E-state index in [0.717, 1.165) is 18.4 Å². The molecule has 0 aliphatic carbocycles. The molecule has 4 heteroatoms. The zero-order chi connectivity index (χ0) is 10.6. The summed E-state index contributed by atoms with van der Waals surface area (Å²) in [4.78, 5) is 11.5. The first-order chi connectivity index (χ1) is 6.63. The Labute approximate surface area is 84.5 Å². The molecular formula is C10H18N2O2. The van der Waals surface area contributed by atoms with Gasteiger partial charge in [0.25, 0.3) is 0 Å². The number of carbonyl (C=O) groups excluding carboxylic acids is 1. The Morgan fingerprint density at radius 1 is 1.64 bits per heavy atom. The smallest absolute Gasteiger partial charge is 0.249 e. The van der Waals surface area contributed by atoms with Gasteiger partial charge in [-0.05, 0) is 19.8 Å². The molecule has 0 aromatic heterocycles. The number of nitrogens with one attached hydrogen (secondary N) is 1. The summed E-state index contributed by atoms with van der Waals surface area (Å²) in [6.07, 6.45) is 1.38. The second-order valence-electron chi connectivity index (χ2n) is 3.73. The molecule has 2 unspecified atom stereocenters. The van der Waals surface area contributed by atoms with Gasteiger partial charge in [0.2, 0.25) is 5.91 Å². The summed E-state index contributed by atoms with van der Waals surface area (Å²) in [6.45, 7) is 6.59. The van der Waals surface area contributed by atoms with E-state index in [0.29, 0.717) is 13.1 Å². The van der Waals surface area contributed by atoms with E-state index >= 15 is 0 Å². The molecule has 0 saturated carbocycles. The maximum absolute atomic E-state index is 11.5. The fraction of sp³-hybridized carbons (Fsp3) is 0.700. The quantitative estimate of drug-likeness (QED) is 0.634. The number of hydrogen-bond acceptors (Lipinski definition) is 3.